The van der Waals surface area contributed by atoms with Crippen LogP contribution in [0.25, 0.3) is 17.1 Å². The molecule has 0 bridgehead atoms. The molecule has 0 spiro atoms. The maximum atomic E-state index is 11.2. The van der Waals surface area contributed by atoms with Crippen LogP contribution in [-0.2, 0) is 0 Å². The van der Waals surface area contributed by atoms with Crippen LogP contribution in [0.2, 0.25) is 10.0 Å². The van der Waals surface area contributed by atoms with Gasteiger partial charge in [0.1, 0.15) is 5.82 Å². The highest BCUT2D eigenvalue weighted by atomic mass is 35.5. The Kier molecular flexibility index (Phi) is 4.11. The zero-order chi connectivity index (χ0) is 16.6. The van der Waals surface area contributed by atoms with Crippen LogP contribution in [0.4, 0.5) is 0 Å². The van der Waals surface area contributed by atoms with Crippen molar-refractivity contribution in [2.75, 3.05) is 0 Å². The number of aromatic nitrogens is 2. The predicted octanol–water partition coefficient (Wildman–Crippen LogP) is 4.85. The minimum Gasteiger partial charge on any atom is -0.478 e. The van der Waals surface area contributed by atoms with Crippen molar-refractivity contribution in [1.82, 2.24) is 9.55 Å². The van der Waals surface area contributed by atoms with Crippen molar-refractivity contribution in [3.05, 3.63) is 70.0 Å². The van der Waals surface area contributed by atoms with Gasteiger partial charge in [-0.1, -0.05) is 35.3 Å². The summed E-state index contributed by atoms with van der Waals surface area (Å²) in [4.78, 5) is 15.7. The lowest BCUT2D eigenvalue weighted by Crippen LogP contribution is -2.03. The fourth-order valence-electron chi connectivity index (χ4n) is 2.36. The Labute approximate surface area is 142 Å². The standard InChI is InChI=1S/C17H12Cl2N2O2/c1-10-12(17(22)23)7-8-21(10)16-4-2-3-15(20-16)11-5-6-13(18)14(19)9-11/h2-9H,1H3,(H,22,23). The van der Waals surface area contributed by atoms with Gasteiger partial charge < -0.3 is 9.67 Å². The molecule has 2 aromatic heterocycles. The van der Waals surface area contributed by atoms with Crippen molar-refractivity contribution in [3.63, 3.8) is 0 Å². The fraction of sp³-hybridized carbons (Fsp3) is 0.0588. The molecule has 0 radical (unpaired) electrons. The van der Waals surface area contributed by atoms with Gasteiger partial charge >= 0.3 is 5.97 Å². The first-order valence-corrected chi connectivity index (χ1v) is 7.57. The van der Waals surface area contributed by atoms with Gasteiger partial charge in [0.05, 0.1) is 21.3 Å². The summed E-state index contributed by atoms with van der Waals surface area (Å²) in [5.74, 6) is -0.319. The third-order valence-electron chi connectivity index (χ3n) is 3.57. The van der Waals surface area contributed by atoms with Crippen molar-refractivity contribution >= 4 is 29.2 Å². The molecular formula is C17H12Cl2N2O2. The molecule has 0 unspecified atom stereocenters. The summed E-state index contributed by atoms with van der Waals surface area (Å²) in [5, 5.41) is 10.1. The number of aromatic carboxylic acids is 1. The number of carboxylic acids is 1. The average Bonchev–Trinajstić information content (AvgIpc) is 2.92. The molecule has 0 aliphatic carbocycles. The normalized spacial score (nSPS) is 10.7. The van der Waals surface area contributed by atoms with E-state index in [1.807, 2.05) is 24.3 Å². The van der Waals surface area contributed by atoms with E-state index in [1.165, 1.54) is 0 Å². The quantitative estimate of drug-likeness (QED) is 0.737. The number of carbonyl (C=O) groups is 1. The number of benzene rings is 1. The lowest BCUT2D eigenvalue weighted by molar-refractivity contribution is 0.0696. The van der Waals surface area contributed by atoms with Crippen LogP contribution in [0.5, 0.6) is 0 Å². The van der Waals surface area contributed by atoms with Crippen LogP contribution in [0, 0.1) is 6.92 Å². The van der Waals surface area contributed by atoms with Crippen LogP contribution in [-0.4, -0.2) is 20.6 Å². The number of hydrogen-bond donors (Lipinski definition) is 1. The number of carboxylic acid groups (broad SMARTS) is 1. The van der Waals surface area contributed by atoms with Gasteiger partial charge in [0.15, 0.2) is 0 Å². The molecule has 0 saturated heterocycles. The second-order valence-corrected chi connectivity index (χ2v) is 5.81. The summed E-state index contributed by atoms with van der Waals surface area (Å²) >= 11 is 12.0. The molecule has 6 heteroatoms. The predicted molar refractivity (Wildman–Crippen MR) is 90.7 cm³/mol. The Hall–Kier alpha value is -2.30. The molecule has 3 aromatic rings. The smallest absolute Gasteiger partial charge is 0.337 e. The van der Waals surface area contributed by atoms with Gasteiger partial charge in [-0.05, 0) is 37.3 Å². The largest absolute Gasteiger partial charge is 0.478 e. The van der Waals surface area contributed by atoms with Gasteiger partial charge in [-0.25, -0.2) is 9.78 Å². The average molecular weight is 347 g/mol. The molecule has 0 saturated carbocycles. The summed E-state index contributed by atoms with van der Waals surface area (Å²) in [6.07, 6.45) is 1.69. The molecule has 23 heavy (non-hydrogen) atoms. The third kappa shape index (κ3) is 2.96. The zero-order valence-electron chi connectivity index (χ0n) is 12.1. The van der Waals surface area contributed by atoms with E-state index in [1.54, 1.807) is 35.9 Å². The van der Waals surface area contributed by atoms with Crippen molar-refractivity contribution in [2.45, 2.75) is 6.92 Å². The number of rotatable bonds is 3. The van der Waals surface area contributed by atoms with Crippen molar-refractivity contribution in [1.29, 1.82) is 0 Å². The molecule has 2 heterocycles. The SMILES string of the molecule is Cc1c(C(=O)O)ccn1-c1cccc(-c2ccc(Cl)c(Cl)c2)n1. The Bertz CT molecular complexity index is 903. The minimum atomic E-state index is -0.957. The van der Waals surface area contributed by atoms with E-state index in [9.17, 15) is 4.79 Å². The number of pyridine rings is 1. The lowest BCUT2D eigenvalue weighted by atomic mass is 10.1. The van der Waals surface area contributed by atoms with E-state index in [0.717, 1.165) is 11.3 Å². The number of halogens is 2. The number of hydrogen-bond acceptors (Lipinski definition) is 2. The van der Waals surface area contributed by atoms with E-state index in [-0.39, 0.29) is 5.56 Å². The summed E-state index contributed by atoms with van der Waals surface area (Å²) in [5.41, 5.74) is 2.44. The van der Waals surface area contributed by atoms with E-state index >= 15 is 0 Å². The topological polar surface area (TPSA) is 55.1 Å². The summed E-state index contributed by atoms with van der Waals surface area (Å²) in [6.45, 7) is 1.75. The Balaban J connectivity index is 2.06. The van der Waals surface area contributed by atoms with Gasteiger partial charge in [0.25, 0.3) is 0 Å². The van der Waals surface area contributed by atoms with Gasteiger partial charge in [-0.15, -0.1) is 0 Å². The maximum absolute atomic E-state index is 11.2. The van der Waals surface area contributed by atoms with E-state index < -0.39 is 5.97 Å². The Morgan fingerprint density at radius 3 is 2.57 bits per heavy atom. The van der Waals surface area contributed by atoms with Gasteiger partial charge in [0, 0.05) is 17.5 Å². The molecule has 0 fully saturated rings. The van der Waals surface area contributed by atoms with E-state index in [4.69, 9.17) is 28.3 Å². The van der Waals surface area contributed by atoms with E-state index in [2.05, 4.69) is 4.98 Å². The second kappa shape index (κ2) is 6.07. The van der Waals surface area contributed by atoms with Crippen LogP contribution in [0.1, 0.15) is 16.1 Å². The van der Waals surface area contributed by atoms with Crippen molar-refractivity contribution in [3.8, 4) is 17.1 Å². The summed E-state index contributed by atoms with van der Waals surface area (Å²) in [6, 6.07) is 12.4. The minimum absolute atomic E-state index is 0.256. The van der Waals surface area contributed by atoms with Gasteiger partial charge in [-0.2, -0.15) is 0 Å². The maximum Gasteiger partial charge on any atom is 0.337 e. The molecule has 0 aliphatic rings. The van der Waals surface area contributed by atoms with Crippen LogP contribution >= 0.6 is 23.2 Å². The first-order chi connectivity index (χ1) is 11.0. The monoisotopic (exact) mass is 346 g/mol. The molecule has 0 atom stereocenters. The van der Waals surface area contributed by atoms with E-state index in [0.29, 0.717) is 21.6 Å². The molecule has 116 valence electrons. The molecular weight excluding hydrogens is 335 g/mol. The zero-order valence-corrected chi connectivity index (χ0v) is 13.6. The van der Waals surface area contributed by atoms with Crippen molar-refractivity contribution < 1.29 is 9.90 Å². The molecule has 0 aliphatic heterocycles. The van der Waals surface area contributed by atoms with Crippen molar-refractivity contribution in [2.24, 2.45) is 0 Å². The highest BCUT2D eigenvalue weighted by Crippen LogP contribution is 2.28. The second-order valence-electron chi connectivity index (χ2n) is 5.00. The van der Waals surface area contributed by atoms with Crippen LogP contribution in [0.15, 0.2) is 48.7 Å². The molecule has 3 rings (SSSR count). The Morgan fingerprint density at radius 1 is 1.13 bits per heavy atom. The van der Waals surface area contributed by atoms with Gasteiger partial charge in [-0.3, -0.25) is 0 Å². The van der Waals surface area contributed by atoms with Gasteiger partial charge in [0.2, 0.25) is 0 Å². The molecule has 1 aromatic carbocycles. The lowest BCUT2D eigenvalue weighted by Gasteiger charge is -2.09. The summed E-state index contributed by atoms with van der Waals surface area (Å²) < 4.78 is 1.74. The number of nitrogens with zero attached hydrogens (tertiary/aromatic N) is 2. The summed E-state index contributed by atoms with van der Waals surface area (Å²) in [7, 11) is 0. The first-order valence-electron chi connectivity index (χ1n) is 6.81. The molecule has 1 N–H and O–H groups in total. The third-order valence-corrected chi connectivity index (χ3v) is 4.31. The molecule has 4 nitrogen and oxygen atoms in total. The highest BCUT2D eigenvalue weighted by molar-refractivity contribution is 6.42. The first kappa shape index (κ1) is 15.6. The highest BCUT2D eigenvalue weighted by Gasteiger charge is 2.13. The fourth-order valence-corrected chi connectivity index (χ4v) is 2.66. The van der Waals surface area contributed by atoms with Crippen LogP contribution in [0.3, 0.4) is 0 Å². The van der Waals surface area contributed by atoms with Crippen LogP contribution < -0.4 is 0 Å². The molecule has 0 amide bonds. The Morgan fingerprint density at radius 2 is 1.91 bits per heavy atom.